The second-order valence-electron chi connectivity index (χ2n) is 5.48. The molecule has 0 aliphatic carbocycles. The first-order valence-electron chi connectivity index (χ1n) is 6.96. The fraction of sp³-hybridized carbons (Fsp3) is 0.529. The Labute approximate surface area is 112 Å². The fourth-order valence-corrected chi connectivity index (χ4v) is 1.97. The second-order valence-corrected chi connectivity index (χ2v) is 5.48. The number of rotatable bonds is 7. The molecule has 0 bridgehead atoms. The highest BCUT2D eigenvalue weighted by molar-refractivity contribution is 5.51. The summed E-state index contributed by atoms with van der Waals surface area (Å²) in [5, 5.41) is 3.27. The van der Waals surface area contributed by atoms with E-state index in [1.807, 2.05) is 0 Å². The normalized spacial score (nSPS) is 20.2. The summed E-state index contributed by atoms with van der Waals surface area (Å²) in [5.41, 5.74) is 4.84. The Kier molecular flexibility index (Phi) is 5.46. The van der Waals surface area contributed by atoms with Crippen molar-refractivity contribution in [3.05, 3.63) is 47.7 Å². The highest BCUT2D eigenvalue weighted by atomic mass is 15.0. The van der Waals surface area contributed by atoms with Crippen LogP contribution in [0.25, 0.3) is 0 Å². The number of nitrogens with one attached hydrogen (secondary N) is 1. The van der Waals surface area contributed by atoms with Crippen LogP contribution in [0.1, 0.15) is 40.5 Å². The van der Waals surface area contributed by atoms with Gasteiger partial charge >= 0.3 is 0 Å². The van der Waals surface area contributed by atoms with Crippen LogP contribution < -0.4 is 5.32 Å². The molecule has 1 aliphatic heterocycles. The molecule has 18 heavy (non-hydrogen) atoms. The van der Waals surface area contributed by atoms with Crippen molar-refractivity contribution in [3.8, 4) is 0 Å². The molecule has 1 rings (SSSR count). The highest BCUT2D eigenvalue weighted by Gasteiger charge is 2.21. The number of hydrogen-bond acceptors (Lipinski definition) is 1. The van der Waals surface area contributed by atoms with Crippen molar-refractivity contribution in [1.82, 2.24) is 5.32 Å². The van der Waals surface area contributed by atoms with E-state index in [1.165, 1.54) is 23.3 Å². The molecule has 100 valence electrons. The SMILES string of the molecule is C=C(C)/C(C(=C)C(C)/C=C\CC(C)CC)=C1\CN1. The molecule has 0 radical (unpaired) electrons. The highest BCUT2D eigenvalue weighted by Crippen LogP contribution is 2.29. The van der Waals surface area contributed by atoms with Gasteiger partial charge in [0, 0.05) is 11.3 Å². The van der Waals surface area contributed by atoms with Crippen molar-refractivity contribution in [3.63, 3.8) is 0 Å². The van der Waals surface area contributed by atoms with Gasteiger partial charge in [-0.1, -0.05) is 52.5 Å². The Morgan fingerprint density at radius 2 is 2.00 bits per heavy atom. The lowest BCUT2D eigenvalue weighted by Crippen LogP contribution is -2.01. The van der Waals surface area contributed by atoms with Crippen molar-refractivity contribution in [1.29, 1.82) is 0 Å². The summed E-state index contributed by atoms with van der Waals surface area (Å²) in [5.74, 6) is 1.15. The van der Waals surface area contributed by atoms with Gasteiger partial charge in [0.15, 0.2) is 0 Å². The molecule has 0 spiro atoms. The molecule has 0 aromatic carbocycles. The van der Waals surface area contributed by atoms with Gasteiger partial charge in [-0.3, -0.25) is 0 Å². The van der Waals surface area contributed by atoms with E-state index in [9.17, 15) is 0 Å². The van der Waals surface area contributed by atoms with Crippen LogP contribution in [-0.2, 0) is 0 Å². The van der Waals surface area contributed by atoms with E-state index in [0.29, 0.717) is 5.92 Å². The van der Waals surface area contributed by atoms with Crippen molar-refractivity contribution in [2.75, 3.05) is 6.54 Å². The molecule has 2 atom stereocenters. The van der Waals surface area contributed by atoms with Crippen LogP contribution in [-0.4, -0.2) is 6.54 Å². The zero-order valence-electron chi connectivity index (χ0n) is 12.3. The molecule has 2 unspecified atom stereocenters. The molecule has 1 heteroatoms. The second kappa shape index (κ2) is 6.63. The Morgan fingerprint density at radius 1 is 1.39 bits per heavy atom. The van der Waals surface area contributed by atoms with Crippen LogP contribution in [0, 0.1) is 11.8 Å². The van der Waals surface area contributed by atoms with Crippen LogP contribution in [0.15, 0.2) is 47.7 Å². The van der Waals surface area contributed by atoms with Crippen molar-refractivity contribution in [2.45, 2.75) is 40.5 Å². The number of allylic oxidation sites excluding steroid dienone is 5. The van der Waals surface area contributed by atoms with Gasteiger partial charge in [0.25, 0.3) is 0 Å². The molecular weight excluding hydrogens is 218 g/mol. The van der Waals surface area contributed by atoms with Gasteiger partial charge in [-0.25, -0.2) is 0 Å². The van der Waals surface area contributed by atoms with Crippen molar-refractivity contribution < 1.29 is 0 Å². The molecule has 1 fully saturated rings. The van der Waals surface area contributed by atoms with Crippen LogP contribution >= 0.6 is 0 Å². The third-order valence-electron chi connectivity index (χ3n) is 3.61. The summed E-state index contributed by atoms with van der Waals surface area (Å²) in [6.07, 6.45) is 6.97. The van der Waals surface area contributed by atoms with Gasteiger partial charge in [0.05, 0.1) is 6.54 Å². The Balaban J connectivity index is 2.61. The molecule has 0 saturated carbocycles. The predicted octanol–water partition coefficient (Wildman–Crippen LogP) is 4.60. The van der Waals surface area contributed by atoms with E-state index in [-0.39, 0.29) is 0 Å². The molecule has 0 aromatic rings. The molecule has 0 aromatic heterocycles. The fourth-order valence-electron chi connectivity index (χ4n) is 1.97. The zero-order chi connectivity index (χ0) is 13.7. The summed E-state index contributed by atoms with van der Waals surface area (Å²) in [6, 6.07) is 0. The average molecular weight is 245 g/mol. The minimum Gasteiger partial charge on any atom is -0.381 e. The van der Waals surface area contributed by atoms with Crippen LogP contribution in [0.2, 0.25) is 0 Å². The smallest absolute Gasteiger partial charge is 0.0552 e. The molecule has 1 heterocycles. The Morgan fingerprint density at radius 3 is 2.44 bits per heavy atom. The molecule has 1 nitrogen and oxygen atoms in total. The third-order valence-corrected chi connectivity index (χ3v) is 3.61. The lowest BCUT2D eigenvalue weighted by atomic mass is 9.90. The van der Waals surface area contributed by atoms with Gasteiger partial charge in [-0.15, -0.1) is 0 Å². The van der Waals surface area contributed by atoms with E-state index < -0.39 is 0 Å². The van der Waals surface area contributed by atoms with Gasteiger partial charge < -0.3 is 5.32 Å². The summed E-state index contributed by atoms with van der Waals surface area (Å²) < 4.78 is 0. The van der Waals surface area contributed by atoms with Crippen LogP contribution in [0.5, 0.6) is 0 Å². The molecule has 1 saturated heterocycles. The topological polar surface area (TPSA) is 21.9 Å². The lowest BCUT2D eigenvalue weighted by Gasteiger charge is -2.15. The average Bonchev–Trinajstić information content (AvgIpc) is 3.12. The number of hydrogen-bond donors (Lipinski definition) is 1. The summed E-state index contributed by atoms with van der Waals surface area (Å²) in [6.45, 7) is 18.1. The van der Waals surface area contributed by atoms with Gasteiger partial charge in [0.2, 0.25) is 0 Å². The molecule has 1 aliphatic rings. The van der Waals surface area contributed by atoms with Gasteiger partial charge in [-0.2, -0.15) is 0 Å². The molecular formula is C17H27N. The standard InChI is InChI=1S/C17H27N/c1-7-13(4)9-8-10-14(5)15(6)17(12(2)3)16-11-18-16/h8,10,13-14,18H,2,6-7,9,11H2,1,3-5H3/b10-8-,17-16-. The summed E-state index contributed by atoms with van der Waals surface area (Å²) >= 11 is 0. The molecule has 0 amide bonds. The maximum Gasteiger partial charge on any atom is 0.0552 e. The van der Waals surface area contributed by atoms with Gasteiger partial charge in [-0.05, 0) is 36.3 Å². The Hall–Kier alpha value is -1.24. The van der Waals surface area contributed by atoms with E-state index in [2.05, 4.69) is 58.3 Å². The monoisotopic (exact) mass is 245 g/mol. The van der Waals surface area contributed by atoms with E-state index in [4.69, 9.17) is 0 Å². The minimum atomic E-state index is 0.385. The maximum absolute atomic E-state index is 4.25. The van der Waals surface area contributed by atoms with Crippen molar-refractivity contribution >= 4 is 0 Å². The van der Waals surface area contributed by atoms with E-state index >= 15 is 0 Å². The molecule has 1 N–H and O–H groups in total. The predicted molar refractivity (Wildman–Crippen MR) is 81.4 cm³/mol. The van der Waals surface area contributed by atoms with Crippen molar-refractivity contribution in [2.24, 2.45) is 11.8 Å². The maximum atomic E-state index is 4.25. The van der Waals surface area contributed by atoms with E-state index in [1.54, 1.807) is 0 Å². The lowest BCUT2D eigenvalue weighted by molar-refractivity contribution is 0.570. The zero-order valence-corrected chi connectivity index (χ0v) is 12.3. The largest absolute Gasteiger partial charge is 0.381 e. The first kappa shape index (κ1) is 14.8. The quantitative estimate of drug-likeness (QED) is 0.513. The van der Waals surface area contributed by atoms with Crippen LogP contribution in [0.3, 0.4) is 0 Å². The first-order chi connectivity index (χ1) is 8.47. The third kappa shape index (κ3) is 4.21. The van der Waals surface area contributed by atoms with E-state index in [0.717, 1.165) is 24.5 Å². The van der Waals surface area contributed by atoms with Crippen LogP contribution in [0.4, 0.5) is 0 Å². The summed E-state index contributed by atoms with van der Waals surface area (Å²) in [7, 11) is 0. The first-order valence-corrected chi connectivity index (χ1v) is 6.96. The summed E-state index contributed by atoms with van der Waals surface area (Å²) in [4.78, 5) is 0. The Bertz CT molecular complexity index is 378. The minimum absolute atomic E-state index is 0.385. The van der Waals surface area contributed by atoms with Gasteiger partial charge in [0.1, 0.15) is 0 Å².